The van der Waals surface area contributed by atoms with E-state index < -0.39 is 0 Å². The second kappa shape index (κ2) is 3.20. The van der Waals surface area contributed by atoms with E-state index in [1.165, 1.54) is 0 Å². The maximum Gasteiger partial charge on any atom is 0.148 e. The fourth-order valence-electron chi connectivity index (χ4n) is 0.929. The minimum atomic E-state index is 0.230. The first-order chi connectivity index (χ1) is 4.83. The maximum absolute atomic E-state index is 10.6. The number of azide groups is 1. The number of rotatable bonds is 2. The Hall–Kier alpha value is -1.06. The molecule has 1 rings (SSSR count). The predicted octanol–water partition coefficient (Wildman–Crippen LogP) is 0.529. The Labute approximate surface area is 58.2 Å². The molecule has 0 saturated carbocycles. The van der Waals surface area contributed by atoms with E-state index in [0.29, 0.717) is 19.6 Å². The number of ketones is 1. The Morgan fingerprint density at radius 1 is 1.80 bits per heavy atom. The fourth-order valence-corrected chi connectivity index (χ4v) is 0.929. The fraction of sp³-hybridized carbons (Fsp3) is 0.800. The van der Waals surface area contributed by atoms with E-state index in [0.717, 1.165) is 6.54 Å². The Morgan fingerprint density at radius 3 is 3.10 bits per heavy atom. The van der Waals surface area contributed by atoms with Gasteiger partial charge in [-0.25, -0.2) is 0 Å². The number of carbonyl (C=O) groups is 1. The number of hydrogen-bond donors (Lipinski definition) is 0. The van der Waals surface area contributed by atoms with Crippen LogP contribution in [0.25, 0.3) is 10.4 Å². The lowest BCUT2D eigenvalue weighted by Gasteiger charge is -2.06. The number of likely N-dealkylation sites (tertiary alicyclic amines) is 1. The van der Waals surface area contributed by atoms with E-state index in [1.54, 1.807) is 0 Å². The van der Waals surface area contributed by atoms with Gasteiger partial charge in [0.15, 0.2) is 0 Å². The minimum absolute atomic E-state index is 0.230. The van der Waals surface area contributed by atoms with Gasteiger partial charge in [0.25, 0.3) is 0 Å². The normalized spacial score (nSPS) is 19.0. The van der Waals surface area contributed by atoms with Gasteiger partial charge in [0.1, 0.15) is 5.78 Å². The van der Waals surface area contributed by atoms with Crippen LogP contribution in [0.15, 0.2) is 5.11 Å². The van der Waals surface area contributed by atoms with Gasteiger partial charge in [-0.2, -0.15) is 0 Å². The zero-order chi connectivity index (χ0) is 7.40. The Bertz CT molecular complexity index is 184. The van der Waals surface area contributed by atoms with Crippen LogP contribution < -0.4 is 0 Å². The average Bonchev–Trinajstić information content (AvgIpc) is 2.31. The number of carbonyl (C=O) groups excluding carboxylic acids is 1. The SMILES string of the molecule is [N-]=[N+]=NCN1CCC(=O)C1. The first kappa shape index (κ1) is 7.05. The summed E-state index contributed by atoms with van der Waals surface area (Å²) in [5, 5.41) is 3.34. The van der Waals surface area contributed by atoms with Crippen LogP contribution in [0.3, 0.4) is 0 Å². The van der Waals surface area contributed by atoms with Gasteiger partial charge in [0, 0.05) is 17.9 Å². The molecule has 1 aliphatic rings. The molecule has 10 heavy (non-hydrogen) atoms. The van der Waals surface area contributed by atoms with Crippen LogP contribution in [-0.4, -0.2) is 30.4 Å². The van der Waals surface area contributed by atoms with Gasteiger partial charge in [-0.3, -0.25) is 9.69 Å². The monoisotopic (exact) mass is 140 g/mol. The second-order valence-corrected chi connectivity index (χ2v) is 2.21. The molecular weight excluding hydrogens is 132 g/mol. The molecule has 1 heterocycles. The topological polar surface area (TPSA) is 69.1 Å². The lowest BCUT2D eigenvalue weighted by atomic mass is 10.4. The molecule has 5 nitrogen and oxygen atoms in total. The molecule has 1 fully saturated rings. The van der Waals surface area contributed by atoms with Crippen molar-refractivity contribution in [1.82, 2.24) is 4.90 Å². The zero-order valence-electron chi connectivity index (χ0n) is 5.53. The van der Waals surface area contributed by atoms with E-state index >= 15 is 0 Å². The van der Waals surface area contributed by atoms with Crippen molar-refractivity contribution in [2.45, 2.75) is 6.42 Å². The lowest BCUT2D eigenvalue weighted by Crippen LogP contribution is -2.20. The molecule has 0 radical (unpaired) electrons. The standard InChI is InChI=1S/C5H8N4O/c6-8-7-4-9-2-1-5(10)3-9/h1-4H2. The molecular formula is C5H8N4O. The average molecular weight is 140 g/mol. The quantitative estimate of drug-likeness (QED) is 0.319. The molecule has 0 N–H and O–H groups in total. The Balaban J connectivity index is 2.31. The van der Waals surface area contributed by atoms with Crippen molar-refractivity contribution >= 4 is 5.78 Å². The molecule has 1 aliphatic heterocycles. The van der Waals surface area contributed by atoms with E-state index in [1.807, 2.05) is 4.90 Å². The van der Waals surface area contributed by atoms with E-state index in [4.69, 9.17) is 5.53 Å². The van der Waals surface area contributed by atoms with Crippen LogP contribution in [0.1, 0.15) is 6.42 Å². The predicted molar refractivity (Wildman–Crippen MR) is 35.2 cm³/mol. The smallest absolute Gasteiger partial charge is 0.148 e. The van der Waals surface area contributed by atoms with E-state index in [2.05, 4.69) is 10.0 Å². The third-order valence-electron chi connectivity index (χ3n) is 1.43. The third kappa shape index (κ3) is 1.72. The van der Waals surface area contributed by atoms with Crippen molar-refractivity contribution in [3.8, 4) is 0 Å². The number of hydrogen-bond acceptors (Lipinski definition) is 3. The summed E-state index contributed by atoms with van der Waals surface area (Å²) < 4.78 is 0. The van der Waals surface area contributed by atoms with Gasteiger partial charge in [0.05, 0.1) is 13.2 Å². The molecule has 0 amide bonds. The molecule has 0 spiro atoms. The largest absolute Gasteiger partial charge is 0.298 e. The minimum Gasteiger partial charge on any atom is -0.298 e. The third-order valence-corrected chi connectivity index (χ3v) is 1.43. The van der Waals surface area contributed by atoms with Crippen LogP contribution in [0, 0.1) is 0 Å². The van der Waals surface area contributed by atoms with Gasteiger partial charge in [-0.1, -0.05) is 5.11 Å². The molecule has 0 aliphatic carbocycles. The first-order valence-electron chi connectivity index (χ1n) is 3.08. The zero-order valence-corrected chi connectivity index (χ0v) is 5.53. The summed E-state index contributed by atoms with van der Waals surface area (Å²) in [6.07, 6.45) is 0.598. The molecule has 5 heteroatoms. The van der Waals surface area contributed by atoms with Crippen LogP contribution in [0.5, 0.6) is 0 Å². The highest BCUT2D eigenvalue weighted by molar-refractivity contribution is 5.82. The summed E-state index contributed by atoms with van der Waals surface area (Å²) in [5.41, 5.74) is 7.94. The second-order valence-electron chi connectivity index (χ2n) is 2.21. The van der Waals surface area contributed by atoms with Crippen LogP contribution in [0.2, 0.25) is 0 Å². The van der Waals surface area contributed by atoms with Gasteiger partial charge in [0.2, 0.25) is 0 Å². The van der Waals surface area contributed by atoms with E-state index in [-0.39, 0.29) is 5.78 Å². The summed E-state index contributed by atoms with van der Waals surface area (Å²) in [7, 11) is 0. The van der Waals surface area contributed by atoms with Crippen molar-refractivity contribution in [2.24, 2.45) is 5.11 Å². The summed E-state index contributed by atoms with van der Waals surface area (Å²) in [4.78, 5) is 15.1. The number of nitrogens with zero attached hydrogens (tertiary/aromatic N) is 4. The summed E-state index contributed by atoms with van der Waals surface area (Å²) in [6, 6.07) is 0. The molecule has 1 saturated heterocycles. The molecule has 0 aromatic rings. The lowest BCUT2D eigenvalue weighted by molar-refractivity contribution is -0.116. The van der Waals surface area contributed by atoms with Crippen molar-refractivity contribution in [2.75, 3.05) is 19.8 Å². The van der Waals surface area contributed by atoms with Gasteiger partial charge in [-0.05, 0) is 5.53 Å². The molecule has 0 aromatic heterocycles. The highest BCUT2D eigenvalue weighted by atomic mass is 16.1. The number of Topliss-reactive ketones (excluding diaryl/α,β-unsaturated/α-hetero) is 1. The van der Waals surface area contributed by atoms with Crippen molar-refractivity contribution in [1.29, 1.82) is 0 Å². The van der Waals surface area contributed by atoms with Crippen molar-refractivity contribution in [3.63, 3.8) is 0 Å². The maximum atomic E-state index is 10.6. The van der Waals surface area contributed by atoms with Crippen LogP contribution in [-0.2, 0) is 4.79 Å². The highest BCUT2D eigenvalue weighted by Crippen LogP contribution is 2.02. The molecule has 0 atom stereocenters. The van der Waals surface area contributed by atoms with Gasteiger partial charge >= 0.3 is 0 Å². The van der Waals surface area contributed by atoms with Crippen LogP contribution >= 0.6 is 0 Å². The molecule has 0 bridgehead atoms. The van der Waals surface area contributed by atoms with E-state index in [9.17, 15) is 4.79 Å². The van der Waals surface area contributed by atoms with Crippen LogP contribution in [0.4, 0.5) is 0 Å². The summed E-state index contributed by atoms with van der Waals surface area (Å²) >= 11 is 0. The van der Waals surface area contributed by atoms with Crippen molar-refractivity contribution < 1.29 is 4.79 Å². The Morgan fingerprint density at radius 2 is 2.60 bits per heavy atom. The molecule has 0 unspecified atom stereocenters. The Kier molecular flexibility index (Phi) is 2.25. The van der Waals surface area contributed by atoms with Crippen molar-refractivity contribution in [3.05, 3.63) is 10.4 Å². The molecule has 0 aromatic carbocycles. The van der Waals surface area contributed by atoms with Gasteiger partial charge in [-0.15, -0.1) is 0 Å². The summed E-state index contributed by atoms with van der Waals surface area (Å²) in [6.45, 7) is 1.50. The highest BCUT2D eigenvalue weighted by Gasteiger charge is 2.17. The van der Waals surface area contributed by atoms with Gasteiger partial charge < -0.3 is 0 Å². The first-order valence-corrected chi connectivity index (χ1v) is 3.08. The molecule has 54 valence electrons. The summed E-state index contributed by atoms with van der Waals surface area (Å²) in [5.74, 6) is 0.230.